The van der Waals surface area contributed by atoms with Gasteiger partial charge in [-0.25, -0.2) is 4.79 Å². The van der Waals surface area contributed by atoms with Gasteiger partial charge in [0, 0.05) is 11.3 Å². The summed E-state index contributed by atoms with van der Waals surface area (Å²) in [6.45, 7) is 5.59. The smallest absolute Gasteiger partial charge is 0.332 e. The second-order valence-electron chi connectivity index (χ2n) is 6.92. The zero-order valence-electron chi connectivity index (χ0n) is 15.9. The number of aromatic nitrogens is 2. The standard InChI is InChI=1S/C21H20N4O3/c1-13-8-10-16(11-9-13)25-15(3)20(26)24(21(25)27)12-18-22-19(23-28-18)17-7-5-4-6-14(17)2/h4-11,15H,12H2,1-3H3. The van der Waals surface area contributed by atoms with Crippen LogP contribution in [0.15, 0.2) is 53.1 Å². The van der Waals surface area contributed by atoms with E-state index in [1.54, 1.807) is 6.92 Å². The average molecular weight is 376 g/mol. The molecule has 3 amide bonds. The Bertz CT molecular complexity index is 1040. The summed E-state index contributed by atoms with van der Waals surface area (Å²) in [5.41, 5.74) is 3.64. The fourth-order valence-corrected chi connectivity index (χ4v) is 3.30. The van der Waals surface area contributed by atoms with Gasteiger partial charge >= 0.3 is 6.03 Å². The minimum Gasteiger partial charge on any atom is -0.337 e. The summed E-state index contributed by atoms with van der Waals surface area (Å²) in [5.74, 6) is 0.370. The fourth-order valence-electron chi connectivity index (χ4n) is 3.30. The van der Waals surface area contributed by atoms with E-state index in [1.165, 1.54) is 4.90 Å². The molecule has 1 atom stereocenters. The average Bonchev–Trinajstić information content (AvgIpc) is 3.23. The van der Waals surface area contributed by atoms with Crippen molar-refractivity contribution in [1.82, 2.24) is 15.0 Å². The minimum absolute atomic E-state index is 0.0523. The van der Waals surface area contributed by atoms with Crippen LogP contribution in [0.2, 0.25) is 0 Å². The van der Waals surface area contributed by atoms with Gasteiger partial charge in [-0.1, -0.05) is 47.1 Å². The van der Waals surface area contributed by atoms with Crippen LogP contribution in [0.4, 0.5) is 10.5 Å². The van der Waals surface area contributed by atoms with Crippen LogP contribution < -0.4 is 4.90 Å². The quantitative estimate of drug-likeness (QED) is 0.649. The normalized spacial score (nSPS) is 16.9. The molecule has 0 radical (unpaired) electrons. The number of nitrogens with zero attached hydrogens (tertiary/aromatic N) is 4. The lowest BCUT2D eigenvalue weighted by molar-refractivity contribution is -0.127. The SMILES string of the molecule is Cc1ccc(N2C(=O)N(Cc3nc(-c4ccccc4C)no3)C(=O)C2C)cc1. The molecule has 28 heavy (non-hydrogen) atoms. The molecular weight excluding hydrogens is 356 g/mol. The molecule has 0 saturated carbocycles. The molecule has 142 valence electrons. The number of carbonyl (C=O) groups is 2. The third-order valence-corrected chi connectivity index (χ3v) is 4.91. The number of urea groups is 1. The molecule has 0 N–H and O–H groups in total. The maximum absolute atomic E-state index is 12.9. The van der Waals surface area contributed by atoms with Crippen LogP contribution in [0, 0.1) is 13.8 Å². The Morgan fingerprint density at radius 2 is 1.75 bits per heavy atom. The predicted molar refractivity (Wildman–Crippen MR) is 104 cm³/mol. The highest BCUT2D eigenvalue weighted by Gasteiger charge is 2.44. The number of hydrogen-bond donors (Lipinski definition) is 0. The maximum Gasteiger partial charge on any atom is 0.332 e. The topological polar surface area (TPSA) is 79.5 Å². The third kappa shape index (κ3) is 3.05. The molecule has 1 aromatic heterocycles. The summed E-state index contributed by atoms with van der Waals surface area (Å²) in [5, 5.41) is 4.00. The van der Waals surface area contributed by atoms with Gasteiger partial charge in [-0.15, -0.1) is 0 Å². The molecule has 7 nitrogen and oxygen atoms in total. The number of benzene rings is 2. The number of rotatable bonds is 4. The number of imide groups is 1. The van der Waals surface area contributed by atoms with Crippen molar-refractivity contribution in [3.8, 4) is 11.4 Å². The molecule has 1 unspecified atom stereocenters. The van der Waals surface area contributed by atoms with Crippen molar-refractivity contribution >= 4 is 17.6 Å². The van der Waals surface area contributed by atoms with Gasteiger partial charge < -0.3 is 4.52 Å². The van der Waals surface area contributed by atoms with E-state index in [1.807, 2.05) is 62.4 Å². The summed E-state index contributed by atoms with van der Waals surface area (Å²) >= 11 is 0. The Balaban J connectivity index is 1.57. The monoisotopic (exact) mass is 376 g/mol. The molecule has 0 spiro atoms. The summed E-state index contributed by atoms with van der Waals surface area (Å²) in [6.07, 6.45) is 0. The van der Waals surface area contributed by atoms with Gasteiger partial charge in [0.25, 0.3) is 5.91 Å². The van der Waals surface area contributed by atoms with Crippen molar-refractivity contribution in [3.05, 3.63) is 65.5 Å². The molecule has 0 aliphatic carbocycles. The highest BCUT2D eigenvalue weighted by Crippen LogP contribution is 2.27. The molecule has 1 saturated heterocycles. The second-order valence-corrected chi connectivity index (χ2v) is 6.92. The Morgan fingerprint density at radius 1 is 1.04 bits per heavy atom. The first kappa shape index (κ1) is 17.9. The lowest BCUT2D eigenvalue weighted by Gasteiger charge is -2.19. The molecule has 1 fully saturated rings. The Kier molecular flexibility index (Phi) is 4.43. The van der Waals surface area contributed by atoms with Crippen molar-refractivity contribution in [2.24, 2.45) is 0 Å². The zero-order chi connectivity index (χ0) is 19.8. The first-order chi connectivity index (χ1) is 13.5. The Morgan fingerprint density at radius 3 is 2.46 bits per heavy atom. The number of aryl methyl sites for hydroxylation is 2. The van der Waals surface area contributed by atoms with Crippen molar-refractivity contribution in [1.29, 1.82) is 0 Å². The van der Waals surface area contributed by atoms with Gasteiger partial charge in [-0.3, -0.25) is 14.6 Å². The number of hydrogen-bond acceptors (Lipinski definition) is 5. The highest BCUT2D eigenvalue weighted by atomic mass is 16.5. The summed E-state index contributed by atoms with van der Waals surface area (Å²) in [7, 11) is 0. The van der Waals surface area contributed by atoms with Crippen LogP contribution in [0.25, 0.3) is 11.4 Å². The van der Waals surface area contributed by atoms with E-state index in [4.69, 9.17) is 4.52 Å². The maximum atomic E-state index is 12.9. The van der Waals surface area contributed by atoms with Crippen LogP contribution in [0.1, 0.15) is 23.9 Å². The van der Waals surface area contributed by atoms with Crippen molar-refractivity contribution in [2.75, 3.05) is 4.90 Å². The lowest BCUT2D eigenvalue weighted by atomic mass is 10.1. The Labute approximate surface area is 162 Å². The first-order valence-electron chi connectivity index (χ1n) is 9.05. The van der Waals surface area contributed by atoms with Crippen molar-refractivity contribution in [3.63, 3.8) is 0 Å². The molecule has 3 aromatic rings. The van der Waals surface area contributed by atoms with Gasteiger partial charge in [-0.2, -0.15) is 4.98 Å². The van der Waals surface area contributed by atoms with E-state index in [9.17, 15) is 9.59 Å². The highest BCUT2D eigenvalue weighted by molar-refractivity contribution is 6.13. The van der Waals surface area contributed by atoms with Gasteiger partial charge in [0.05, 0.1) is 0 Å². The summed E-state index contributed by atoms with van der Waals surface area (Å²) < 4.78 is 5.30. The zero-order valence-corrected chi connectivity index (χ0v) is 15.9. The molecule has 7 heteroatoms. The van der Waals surface area contributed by atoms with E-state index in [0.29, 0.717) is 11.5 Å². The van der Waals surface area contributed by atoms with E-state index < -0.39 is 12.1 Å². The van der Waals surface area contributed by atoms with E-state index >= 15 is 0 Å². The lowest BCUT2D eigenvalue weighted by Crippen LogP contribution is -2.33. The van der Waals surface area contributed by atoms with Crippen molar-refractivity contribution < 1.29 is 14.1 Å². The van der Waals surface area contributed by atoms with Crippen LogP contribution in [-0.4, -0.2) is 33.0 Å². The fraction of sp³-hybridized carbons (Fsp3) is 0.238. The number of amides is 3. The van der Waals surface area contributed by atoms with Crippen LogP contribution >= 0.6 is 0 Å². The third-order valence-electron chi connectivity index (χ3n) is 4.91. The van der Waals surface area contributed by atoms with Crippen molar-refractivity contribution in [2.45, 2.75) is 33.4 Å². The first-order valence-corrected chi connectivity index (χ1v) is 9.05. The number of carbonyl (C=O) groups excluding carboxylic acids is 2. The largest absolute Gasteiger partial charge is 0.337 e. The summed E-state index contributed by atoms with van der Waals surface area (Å²) in [4.78, 5) is 32.6. The van der Waals surface area contributed by atoms with Gasteiger partial charge in [-0.05, 0) is 38.5 Å². The second kappa shape index (κ2) is 6.92. The van der Waals surface area contributed by atoms with Gasteiger partial charge in [0.1, 0.15) is 12.6 Å². The van der Waals surface area contributed by atoms with E-state index in [2.05, 4.69) is 10.1 Å². The van der Waals surface area contributed by atoms with Crippen LogP contribution in [-0.2, 0) is 11.3 Å². The predicted octanol–water partition coefficient (Wildman–Crippen LogP) is 3.71. The molecule has 1 aliphatic rings. The van der Waals surface area contributed by atoms with Gasteiger partial charge in [0.2, 0.25) is 11.7 Å². The van der Waals surface area contributed by atoms with Crippen LogP contribution in [0.5, 0.6) is 0 Å². The molecule has 2 heterocycles. The van der Waals surface area contributed by atoms with Crippen LogP contribution in [0.3, 0.4) is 0 Å². The van der Waals surface area contributed by atoms with Gasteiger partial charge in [0.15, 0.2) is 0 Å². The molecule has 4 rings (SSSR count). The molecular formula is C21H20N4O3. The number of anilines is 1. The van der Waals surface area contributed by atoms with E-state index in [-0.39, 0.29) is 18.3 Å². The molecule has 2 aromatic carbocycles. The summed E-state index contributed by atoms with van der Waals surface area (Å²) in [6, 6.07) is 14.2. The Hall–Kier alpha value is -3.48. The molecule has 1 aliphatic heterocycles. The van der Waals surface area contributed by atoms with E-state index in [0.717, 1.165) is 21.6 Å². The molecule has 0 bridgehead atoms. The minimum atomic E-state index is -0.589.